The first-order chi connectivity index (χ1) is 12.1. The maximum atomic E-state index is 12.8. The van der Waals surface area contributed by atoms with E-state index in [-0.39, 0.29) is 11.9 Å². The number of amides is 1. The van der Waals surface area contributed by atoms with Gasteiger partial charge in [0.25, 0.3) is 0 Å². The van der Waals surface area contributed by atoms with Crippen LogP contribution in [0.4, 0.5) is 0 Å². The number of aryl methyl sites for hydroxylation is 3. The van der Waals surface area contributed by atoms with E-state index in [0.29, 0.717) is 13.0 Å². The van der Waals surface area contributed by atoms with Gasteiger partial charge in [-0.3, -0.25) is 9.48 Å². The summed E-state index contributed by atoms with van der Waals surface area (Å²) in [6, 6.07) is 10.1. The molecule has 1 amide bonds. The van der Waals surface area contributed by atoms with Gasteiger partial charge in [-0.15, -0.1) is 0 Å². The summed E-state index contributed by atoms with van der Waals surface area (Å²) in [5, 5.41) is 4.44. The molecule has 3 aromatic rings. The summed E-state index contributed by atoms with van der Waals surface area (Å²) in [6.07, 6.45) is 2.46. The number of likely N-dealkylation sites (tertiary alicyclic amines) is 1. The largest absolute Gasteiger partial charge is 0.340 e. The first kappa shape index (κ1) is 15.9. The van der Waals surface area contributed by atoms with Crippen molar-refractivity contribution in [2.75, 3.05) is 6.54 Å². The smallest absolute Gasteiger partial charge is 0.225 e. The third-order valence-electron chi connectivity index (χ3n) is 4.94. The molecule has 25 heavy (non-hydrogen) atoms. The molecule has 4 rings (SSSR count). The lowest BCUT2D eigenvalue weighted by molar-refractivity contribution is -0.132. The molecule has 2 aromatic heterocycles. The molecule has 130 valence electrons. The second kappa shape index (κ2) is 6.35. The Morgan fingerprint density at radius 3 is 2.92 bits per heavy atom. The Labute approximate surface area is 146 Å². The Kier molecular flexibility index (Phi) is 4.03. The SMILES string of the molecule is Cc1cc(C)n(CCC(=O)N2CCC[C@@H]2c2nc3ccccc3[nH]2)n1. The number of nitrogens with zero attached hydrogens (tertiary/aromatic N) is 4. The second-order valence-electron chi connectivity index (χ2n) is 6.78. The minimum Gasteiger partial charge on any atom is -0.340 e. The number of hydrogen-bond donors (Lipinski definition) is 1. The van der Waals surface area contributed by atoms with E-state index in [1.54, 1.807) is 0 Å². The van der Waals surface area contributed by atoms with Crippen LogP contribution in [-0.2, 0) is 11.3 Å². The van der Waals surface area contributed by atoms with Crippen LogP contribution in [0, 0.1) is 13.8 Å². The van der Waals surface area contributed by atoms with Crippen LogP contribution < -0.4 is 0 Å². The van der Waals surface area contributed by atoms with Gasteiger partial charge in [0, 0.05) is 25.2 Å². The van der Waals surface area contributed by atoms with Crippen LogP contribution >= 0.6 is 0 Å². The summed E-state index contributed by atoms with van der Waals surface area (Å²) in [5.41, 5.74) is 4.07. The lowest BCUT2D eigenvalue weighted by atomic mass is 10.2. The maximum absolute atomic E-state index is 12.8. The summed E-state index contributed by atoms with van der Waals surface area (Å²) in [6.45, 7) is 5.43. The van der Waals surface area contributed by atoms with Crippen molar-refractivity contribution in [3.8, 4) is 0 Å². The van der Waals surface area contributed by atoms with Crippen LogP contribution in [0.1, 0.15) is 42.5 Å². The molecule has 0 aliphatic carbocycles. The van der Waals surface area contributed by atoms with E-state index in [2.05, 4.69) is 10.1 Å². The van der Waals surface area contributed by atoms with Gasteiger partial charge in [0.2, 0.25) is 5.91 Å². The van der Waals surface area contributed by atoms with E-state index in [0.717, 1.165) is 47.6 Å². The van der Waals surface area contributed by atoms with Crippen molar-refractivity contribution in [1.82, 2.24) is 24.6 Å². The lowest BCUT2D eigenvalue weighted by Gasteiger charge is -2.23. The molecule has 1 N–H and O–H groups in total. The predicted molar refractivity (Wildman–Crippen MR) is 96.1 cm³/mol. The maximum Gasteiger partial charge on any atom is 0.225 e. The molecule has 0 bridgehead atoms. The molecule has 1 saturated heterocycles. The van der Waals surface area contributed by atoms with Gasteiger partial charge in [0.1, 0.15) is 5.82 Å². The molecule has 1 aliphatic rings. The van der Waals surface area contributed by atoms with Gasteiger partial charge in [-0.2, -0.15) is 5.10 Å². The molecule has 3 heterocycles. The number of imidazole rings is 1. The van der Waals surface area contributed by atoms with Crippen molar-refractivity contribution in [2.24, 2.45) is 0 Å². The van der Waals surface area contributed by atoms with Crippen molar-refractivity contribution < 1.29 is 4.79 Å². The number of aromatic nitrogens is 4. The van der Waals surface area contributed by atoms with Crippen LogP contribution in [0.5, 0.6) is 0 Å². The van der Waals surface area contributed by atoms with Crippen molar-refractivity contribution in [3.63, 3.8) is 0 Å². The van der Waals surface area contributed by atoms with Crippen molar-refractivity contribution in [1.29, 1.82) is 0 Å². The first-order valence-corrected chi connectivity index (χ1v) is 8.87. The van der Waals surface area contributed by atoms with E-state index < -0.39 is 0 Å². The van der Waals surface area contributed by atoms with Gasteiger partial charge in [-0.05, 0) is 44.9 Å². The molecule has 6 heteroatoms. The fourth-order valence-corrected chi connectivity index (χ4v) is 3.73. The molecule has 0 spiro atoms. The zero-order valence-corrected chi connectivity index (χ0v) is 14.7. The number of H-pyrrole nitrogens is 1. The first-order valence-electron chi connectivity index (χ1n) is 8.87. The fourth-order valence-electron chi connectivity index (χ4n) is 3.73. The number of carbonyl (C=O) groups excluding carboxylic acids is 1. The third kappa shape index (κ3) is 3.04. The Morgan fingerprint density at radius 1 is 1.32 bits per heavy atom. The standard InChI is InChI=1S/C19H23N5O/c1-13-12-14(2)24(22-13)11-9-18(25)23-10-5-8-17(23)19-20-15-6-3-4-7-16(15)21-19/h3-4,6-7,12,17H,5,8-11H2,1-2H3,(H,20,21)/t17-/m1/s1. The van der Waals surface area contributed by atoms with E-state index in [1.807, 2.05) is 53.8 Å². The van der Waals surface area contributed by atoms with E-state index in [9.17, 15) is 4.79 Å². The number of benzene rings is 1. The van der Waals surface area contributed by atoms with Crippen molar-refractivity contribution in [2.45, 2.75) is 45.7 Å². The number of hydrogen-bond acceptors (Lipinski definition) is 3. The molecule has 0 radical (unpaired) electrons. The second-order valence-corrected chi connectivity index (χ2v) is 6.78. The molecule has 1 aliphatic heterocycles. The number of carbonyl (C=O) groups is 1. The third-order valence-corrected chi connectivity index (χ3v) is 4.94. The Morgan fingerprint density at radius 2 is 2.16 bits per heavy atom. The topological polar surface area (TPSA) is 66.8 Å². The number of nitrogens with one attached hydrogen (secondary N) is 1. The highest BCUT2D eigenvalue weighted by Gasteiger charge is 2.31. The normalized spacial score (nSPS) is 17.5. The average Bonchev–Trinajstić information content (AvgIpc) is 3.29. The highest BCUT2D eigenvalue weighted by atomic mass is 16.2. The molecule has 1 fully saturated rings. The van der Waals surface area contributed by atoms with Crippen LogP contribution in [0.3, 0.4) is 0 Å². The zero-order chi connectivity index (χ0) is 17.4. The quantitative estimate of drug-likeness (QED) is 0.795. The molecule has 1 atom stereocenters. The van der Waals surface area contributed by atoms with Gasteiger partial charge in [0.05, 0.1) is 22.8 Å². The predicted octanol–water partition coefficient (Wildman–Crippen LogP) is 3.13. The van der Waals surface area contributed by atoms with Gasteiger partial charge in [-0.25, -0.2) is 4.98 Å². The number of fused-ring (bicyclic) bond motifs is 1. The van der Waals surface area contributed by atoms with Crippen LogP contribution in [0.2, 0.25) is 0 Å². The average molecular weight is 337 g/mol. The number of aromatic amines is 1. The molecule has 0 unspecified atom stereocenters. The van der Waals surface area contributed by atoms with Crippen molar-refractivity contribution >= 4 is 16.9 Å². The van der Waals surface area contributed by atoms with Crippen molar-refractivity contribution in [3.05, 3.63) is 47.5 Å². The minimum atomic E-state index is 0.0559. The summed E-state index contributed by atoms with van der Waals surface area (Å²) < 4.78 is 1.92. The summed E-state index contributed by atoms with van der Waals surface area (Å²) >= 11 is 0. The molecular weight excluding hydrogens is 314 g/mol. The molecular formula is C19H23N5O. The highest BCUT2D eigenvalue weighted by molar-refractivity contribution is 5.78. The highest BCUT2D eigenvalue weighted by Crippen LogP contribution is 2.31. The van der Waals surface area contributed by atoms with Gasteiger partial charge in [0.15, 0.2) is 0 Å². The monoisotopic (exact) mass is 337 g/mol. The molecule has 0 saturated carbocycles. The Bertz CT molecular complexity index is 877. The van der Waals surface area contributed by atoms with E-state index in [1.165, 1.54) is 0 Å². The Hall–Kier alpha value is -2.63. The number of rotatable bonds is 4. The van der Waals surface area contributed by atoms with Crippen LogP contribution in [-0.4, -0.2) is 37.1 Å². The summed E-state index contributed by atoms with van der Waals surface area (Å²) in [4.78, 5) is 22.8. The number of para-hydroxylation sites is 2. The molecule has 6 nitrogen and oxygen atoms in total. The summed E-state index contributed by atoms with van der Waals surface area (Å²) in [7, 11) is 0. The fraction of sp³-hybridized carbons (Fsp3) is 0.421. The van der Waals surface area contributed by atoms with Gasteiger partial charge >= 0.3 is 0 Å². The Balaban J connectivity index is 1.48. The van der Waals surface area contributed by atoms with E-state index >= 15 is 0 Å². The zero-order valence-electron chi connectivity index (χ0n) is 14.7. The van der Waals surface area contributed by atoms with Gasteiger partial charge < -0.3 is 9.88 Å². The summed E-state index contributed by atoms with van der Waals surface area (Å²) in [5.74, 6) is 1.08. The van der Waals surface area contributed by atoms with Crippen LogP contribution in [0.15, 0.2) is 30.3 Å². The minimum absolute atomic E-state index is 0.0559. The van der Waals surface area contributed by atoms with Crippen LogP contribution in [0.25, 0.3) is 11.0 Å². The molecule has 1 aromatic carbocycles. The lowest BCUT2D eigenvalue weighted by Crippen LogP contribution is -2.31. The van der Waals surface area contributed by atoms with E-state index in [4.69, 9.17) is 4.98 Å². The van der Waals surface area contributed by atoms with Gasteiger partial charge in [-0.1, -0.05) is 12.1 Å².